The van der Waals surface area contributed by atoms with Crippen molar-refractivity contribution in [1.82, 2.24) is 25.2 Å². The van der Waals surface area contributed by atoms with Gasteiger partial charge in [0, 0.05) is 30.6 Å². The van der Waals surface area contributed by atoms with E-state index < -0.39 is 0 Å². The molecule has 0 aliphatic rings. The summed E-state index contributed by atoms with van der Waals surface area (Å²) in [5.74, 6) is 0.822. The van der Waals surface area contributed by atoms with Crippen molar-refractivity contribution < 1.29 is 9.32 Å². The van der Waals surface area contributed by atoms with E-state index in [1.165, 1.54) is 0 Å². The summed E-state index contributed by atoms with van der Waals surface area (Å²) in [6.45, 7) is 7.01. The summed E-state index contributed by atoms with van der Waals surface area (Å²) in [6, 6.07) is 15.3. The number of nitrogens with one attached hydrogen (secondary N) is 1. The molecule has 0 radical (unpaired) electrons. The lowest BCUT2D eigenvalue weighted by Gasteiger charge is -2.17. The first kappa shape index (κ1) is 20.8. The number of hydrogen-bond donors (Lipinski definition) is 1. The summed E-state index contributed by atoms with van der Waals surface area (Å²) < 4.78 is 7.15. The summed E-state index contributed by atoms with van der Waals surface area (Å²) in [5, 5.41) is 12.9. The largest absolute Gasteiger partial charge is 0.361 e. The average Bonchev–Trinajstić information content (AvgIpc) is 3.39. The zero-order chi connectivity index (χ0) is 21.8. The van der Waals surface area contributed by atoms with Gasteiger partial charge < -0.3 is 9.84 Å². The van der Waals surface area contributed by atoms with Crippen LogP contribution in [0.3, 0.4) is 0 Å². The van der Waals surface area contributed by atoms with Crippen molar-refractivity contribution in [2.75, 3.05) is 0 Å². The number of nitrogens with zero attached hydrogens (tertiary/aromatic N) is 4. The molecule has 0 unspecified atom stereocenters. The second-order valence-corrected chi connectivity index (χ2v) is 8.08. The maximum absolute atomic E-state index is 13.0. The molecule has 0 aliphatic heterocycles. The minimum absolute atomic E-state index is 0.277. The van der Waals surface area contributed by atoms with Crippen LogP contribution in [0.5, 0.6) is 0 Å². The molecular weight excluding hydrogens is 390 g/mol. The second-order valence-electron chi connectivity index (χ2n) is 8.08. The zero-order valence-corrected chi connectivity index (χ0v) is 18.1. The molecule has 1 amide bonds. The normalized spacial score (nSPS) is 12.4. The minimum atomic E-state index is -0.336. The van der Waals surface area contributed by atoms with E-state index in [1.54, 1.807) is 12.3 Å². The first-order valence-corrected chi connectivity index (χ1v) is 10.7. The van der Waals surface area contributed by atoms with E-state index >= 15 is 0 Å². The molecule has 160 valence electrons. The fourth-order valence-electron chi connectivity index (χ4n) is 3.65. The lowest BCUT2D eigenvalue weighted by Crippen LogP contribution is -2.30. The Morgan fingerprint density at radius 3 is 2.68 bits per heavy atom. The molecule has 0 aliphatic carbocycles. The third-order valence-corrected chi connectivity index (χ3v) is 5.13. The van der Waals surface area contributed by atoms with E-state index in [0.717, 1.165) is 28.8 Å². The summed E-state index contributed by atoms with van der Waals surface area (Å²) >= 11 is 0. The highest BCUT2D eigenvalue weighted by Gasteiger charge is 2.25. The van der Waals surface area contributed by atoms with E-state index in [1.807, 2.05) is 41.9 Å². The highest BCUT2D eigenvalue weighted by Crippen LogP contribution is 2.26. The Labute approximate surface area is 181 Å². The van der Waals surface area contributed by atoms with Gasteiger partial charge in [-0.3, -0.25) is 4.79 Å². The predicted molar refractivity (Wildman–Crippen MR) is 119 cm³/mol. The number of fused-ring (bicyclic) bond motifs is 1. The van der Waals surface area contributed by atoms with Crippen molar-refractivity contribution in [2.45, 2.75) is 46.2 Å². The molecule has 31 heavy (non-hydrogen) atoms. The third-order valence-electron chi connectivity index (χ3n) is 5.13. The molecule has 3 heterocycles. The van der Waals surface area contributed by atoms with Crippen LogP contribution in [0.4, 0.5) is 0 Å². The highest BCUT2D eigenvalue weighted by molar-refractivity contribution is 5.93. The number of carbonyl (C=O) groups is 1. The minimum Gasteiger partial charge on any atom is -0.361 e. The highest BCUT2D eigenvalue weighted by atomic mass is 16.5. The number of carbonyl (C=O) groups excluding carboxylic acids is 1. The molecule has 0 spiro atoms. The summed E-state index contributed by atoms with van der Waals surface area (Å²) in [4.78, 5) is 17.5. The Balaban J connectivity index is 1.72. The fourth-order valence-corrected chi connectivity index (χ4v) is 3.65. The summed E-state index contributed by atoms with van der Waals surface area (Å²) in [7, 11) is 0. The Kier molecular flexibility index (Phi) is 6.11. The molecule has 7 nitrogen and oxygen atoms in total. The number of pyridine rings is 1. The Morgan fingerprint density at radius 1 is 1.16 bits per heavy atom. The zero-order valence-electron chi connectivity index (χ0n) is 18.1. The smallest absolute Gasteiger partial charge is 0.274 e. The van der Waals surface area contributed by atoms with Crippen molar-refractivity contribution in [1.29, 1.82) is 0 Å². The van der Waals surface area contributed by atoms with Gasteiger partial charge in [-0.05, 0) is 30.0 Å². The van der Waals surface area contributed by atoms with Gasteiger partial charge in [0.25, 0.3) is 5.91 Å². The van der Waals surface area contributed by atoms with Crippen molar-refractivity contribution in [3.63, 3.8) is 0 Å². The SMILES string of the molecule is CCc1cc(C(=O)N[C@@H](Cc2ccccc2)c2nn(CC(C)C)c3ncccc23)no1. The lowest BCUT2D eigenvalue weighted by atomic mass is 10.0. The van der Waals surface area contributed by atoms with Crippen LogP contribution in [0, 0.1) is 5.92 Å². The fraction of sp³-hybridized carbons (Fsp3) is 0.333. The van der Waals surface area contributed by atoms with Crippen LogP contribution in [0.1, 0.15) is 54.3 Å². The maximum Gasteiger partial charge on any atom is 0.274 e. The van der Waals surface area contributed by atoms with Crippen molar-refractivity contribution >= 4 is 16.9 Å². The van der Waals surface area contributed by atoms with Gasteiger partial charge >= 0.3 is 0 Å². The van der Waals surface area contributed by atoms with Crippen LogP contribution >= 0.6 is 0 Å². The number of hydrogen-bond acceptors (Lipinski definition) is 5. The van der Waals surface area contributed by atoms with Crippen LogP contribution in [0.25, 0.3) is 11.0 Å². The molecule has 7 heteroatoms. The molecule has 0 saturated carbocycles. The second kappa shape index (κ2) is 9.12. The van der Waals surface area contributed by atoms with Crippen LogP contribution in [0.15, 0.2) is 59.3 Å². The van der Waals surface area contributed by atoms with Crippen LogP contribution in [0.2, 0.25) is 0 Å². The van der Waals surface area contributed by atoms with Gasteiger partial charge in [0.1, 0.15) is 5.76 Å². The molecule has 4 aromatic rings. The van der Waals surface area contributed by atoms with Gasteiger partial charge in [-0.1, -0.05) is 56.3 Å². The first-order valence-electron chi connectivity index (χ1n) is 10.7. The van der Waals surface area contributed by atoms with E-state index in [-0.39, 0.29) is 17.6 Å². The maximum atomic E-state index is 13.0. The summed E-state index contributed by atoms with van der Waals surface area (Å²) in [5.41, 5.74) is 3.02. The van der Waals surface area contributed by atoms with Crippen molar-refractivity contribution in [2.24, 2.45) is 5.92 Å². The van der Waals surface area contributed by atoms with Crippen LogP contribution in [-0.2, 0) is 19.4 Å². The predicted octanol–water partition coefficient (Wildman–Crippen LogP) is 4.35. The molecule has 1 N–H and O–H groups in total. The average molecular weight is 418 g/mol. The Hall–Kier alpha value is -3.48. The monoisotopic (exact) mass is 417 g/mol. The topological polar surface area (TPSA) is 85.8 Å². The van der Waals surface area contributed by atoms with Crippen molar-refractivity contribution in [3.05, 3.63) is 77.4 Å². The molecule has 0 bridgehead atoms. The molecule has 1 aromatic carbocycles. The Morgan fingerprint density at radius 2 is 1.97 bits per heavy atom. The summed E-state index contributed by atoms with van der Waals surface area (Å²) in [6.07, 6.45) is 3.06. The molecule has 3 aromatic heterocycles. The van der Waals surface area contributed by atoms with Gasteiger partial charge in [0.15, 0.2) is 11.3 Å². The molecule has 1 atom stereocenters. The number of aryl methyl sites for hydroxylation is 1. The van der Waals surface area contributed by atoms with Gasteiger partial charge in [0.2, 0.25) is 0 Å². The Bertz CT molecular complexity index is 1160. The van der Waals surface area contributed by atoms with Crippen LogP contribution < -0.4 is 5.32 Å². The van der Waals surface area contributed by atoms with E-state index in [2.05, 4.69) is 41.4 Å². The van der Waals surface area contributed by atoms with E-state index in [4.69, 9.17) is 9.62 Å². The number of amides is 1. The standard InChI is InChI=1S/C24H27N5O2/c1-4-18-14-21(28-31-18)24(30)26-20(13-17-9-6-5-7-10-17)22-19-11-8-12-25-23(19)29(27-22)15-16(2)3/h5-12,14,16,20H,4,13,15H2,1-3H3,(H,26,30)/t20-/m0/s1. The van der Waals surface area contributed by atoms with Crippen molar-refractivity contribution in [3.8, 4) is 0 Å². The van der Waals surface area contributed by atoms with Gasteiger partial charge in [-0.25, -0.2) is 9.67 Å². The molecule has 4 rings (SSSR count). The quantitative estimate of drug-likeness (QED) is 0.461. The van der Waals surface area contributed by atoms with Gasteiger partial charge in [-0.2, -0.15) is 5.10 Å². The van der Waals surface area contributed by atoms with Gasteiger partial charge in [-0.15, -0.1) is 0 Å². The number of rotatable bonds is 8. The van der Waals surface area contributed by atoms with Gasteiger partial charge in [0.05, 0.1) is 11.7 Å². The third kappa shape index (κ3) is 4.66. The first-order chi connectivity index (χ1) is 15.0. The number of aromatic nitrogens is 4. The molecular formula is C24H27N5O2. The van der Waals surface area contributed by atoms with E-state index in [0.29, 0.717) is 24.5 Å². The molecule has 0 fully saturated rings. The number of benzene rings is 1. The van der Waals surface area contributed by atoms with E-state index in [9.17, 15) is 4.79 Å². The molecule has 0 saturated heterocycles. The lowest BCUT2D eigenvalue weighted by molar-refractivity contribution is 0.0926. The van der Waals surface area contributed by atoms with Crippen LogP contribution in [-0.4, -0.2) is 25.8 Å².